The van der Waals surface area contributed by atoms with E-state index in [-0.39, 0.29) is 18.1 Å². The lowest BCUT2D eigenvalue weighted by molar-refractivity contribution is -0.150. The lowest BCUT2D eigenvalue weighted by atomic mass is 9.83. The fourth-order valence-electron chi connectivity index (χ4n) is 2.39. The van der Waals surface area contributed by atoms with Crippen LogP contribution >= 0.6 is 11.6 Å². The summed E-state index contributed by atoms with van der Waals surface area (Å²) in [5.74, 6) is -2.07. The highest BCUT2D eigenvalue weighted by Gasteiger charge is 2.42. The van der Waals surface area contributed by atoms with E-state index in [9.17, 15) is 22.7 Å². The molecule has 116 valence electrons. The Balaban J connectivity index is 2.40. The normalized spacial score (nSPS) is 24.0. The summed E-state index contributed by atoms with van der Waals surface area (Å²) >= 11 is 5.61. The van der Waals surface area contributed by atoms with E-state index in [1.54, 1.807) is 0 Å². The maximum Gasteiger partial charge on any atom is 0.310 e. The second kappa shape index (κ2) is 5.55. The average molecular weight is 336 g/mol. The van der Waals surface area contributed by atoms with E-state index in [1.807, 2.05) is 0 Å². The number of hydrogen-bond acceptors (Lipinski definition) is 3. The molecule has 5 nitrogen and oxygen atoms in total. The number of sulfonamides is 1. The van der Waals surface area contributed by atoms with Crippen molar-refractivity contribution >= 4 is 27.6 Å². The summed E-state index contributed by atoms with van der Waals surface area (Å²) in [7, 11) is -4.11. The summed E-state index contributed by atoms with van der Waals surface area (Å²) in [5.41, 5.74) is -1.17. The molecule has 1 aliphatic rings. The number of halogens is 2. The van der Waals surface area contributed by atoms with Gasteiger partial charge in [-0.15, -0.1) is 0 Å². The van der Waals surface area contributed by atoms with E-state index in [0.717, 1.165) is 10.4 Å². The van der Waals surface area contributed by atoms with Crippen LogP contribution in [0.2, 0.25) is 5.02 Å². The molecule has 1 unspecified atom stereocenters. The van der Waals surface area contributed by atoms with Gasteiger partial charge in [-0.1, -0.05) is 17.7 Å². The van der Waals surface area contributed by atoms with Crippen LogP contribution in [0.4, 0.5) is 4.39 Å². The number of carboxylic acid groups (broad SMARTS) is 1. The van der Waals surface area contributed by atoms with Crippen LogP contribution in [0.15, 0.2) is 23.1 Å². The van der Waals surface area contributed by atoms with Crippen molar-refractivity contribution in [3.63, 3.8) is 0 Å². The van der Waals surface area contributed by atoms with Crippen molar-refractivity contribution in [1.82, 2.24) is 4.31 Å². The summed E-state index contributed by atoms with van der Waals surface area (Å²) in [4.78, 5) is 10.8. The molecule has 0 radical (unpaired) electrons. The Morgan fingerprint density at radius 3 is 2.76 bits per heavy atom. The molecule has 0 aromatic heterocycles. The van der Waals surface area contributed by atoms with E-state index < -0.39 is 32.1 Å². The first-order chi connectivity index (χ1) is 9.68. The van der Waals surface area contributed by atoms with Crippen LogP contribution in [0, 0.1) is 11.2 Å². The highest BCUT2D eigenvalue weighted by atomic mass is 35.5. The second-order valence-corrected chi connectivity index (χ2v) is 7.67. The first-order valence-electron chi connectivity index (χ1n) is 6.36. The Kier molecular flexibility index (Phi) is 4.28. The maximum atomic E-state index is 13.9. The monoisotopic (exact) mass is 335 g/mol. The smallest absolute Gasteiger partial charge is 0.310 e. The molecule has 1 aromatic rings. The topological polar surface area (TPSA) is 74.7 Å². The highest BCUT2D eigenvalue weighted by Crippen LogP contribution is 2.34. The molecular formula is C13H15ClFNO4S. The average Bonchev–Trinajstić information content (AvgIpc) is 2.41. The molecule has 1 aromatic carbocycles. The van der Waals surface area contributed by atoms with Gasteiger partial charge in [-0.2, -0.15) is 4.31 Å². The Hall–Kier alpha value is -1.18. The molecule has 1 heterocycles. The van der Waals surface area contributed by atoms with Crippen molar-refractivity contribution in [3.05, 3.63) is 29.0 Å². The molecule has 2 rings (SSSR count). The van der Waals surface area contributed by atoms with Crippen LogP contribution in [-0.4, -0.2) is 36.9 Å². The third kappa shape index (κ3) is 2.90. The van der Waals surface area contributed by atoms with Gasteiger partial charge >= 0.3 is 5.97 Å². The number of piperidine rings is 1. The molecule has 0 aliphatic carbocycles. The van der Waals surface area contributed by atoms with Crippen LogP contribution in [0.1, 0.15) is 19.8 Å². The molecule has 0 bridgehead atoms. The zero-order chi connectivity index (χ0) is 15.8. The number of aliphatic carboxylic acids is 1. The standard InChI is InChI=1S/C13H15ClFNO4S/c1-13(12(17)18)6-3-7-16(8-13)21(19,20)10-5-2-4-9(14)11(10)15/h2,4-5H,3,6-8H2,1H3,(H,17,18). The number of carbonyl (C=O) groups is 1. The molecule has 1 aliphatic heterocycles. The van der Waals surface area contributed by atoms with E-state index in [4.69, 9.17) is 11.6 Å². The first-order valence-corrected chi connectivity index (χ1v) is 8.18. The van der Waals surface area contributed by atoms with Crippen molar-refractivity contribution in [1.29, 1.82) is 0 Å². The molecule has 0 saturated carbocycles. The largest absolute Gasteiger partial charge is 0.481 e. The number of hydrogen-bond donors (Lipinski definition) is 1. The van der Waals surface area contributed by atoms with Gasteiger partial charge in [0.25, 0.3) is 0 Å². The Morgan fingerprint density at radius 1 is 1.48 bits per heavy atom. The van der Waals surface area contributed by atoms with Crippen LogP contribution in [0.5, 0.6) is 0 Å². The van der Waals surface area contributed by atoms with E-state index >= 15 is 0 Å². The summed E-state index contributed by atoms with van der Waals surface area (Å²) in [6.07, 6.45) is 0.788. The van der Waals surface area contributed by atoms with Gasteiger partial charge in [0.15, 0.2) is 5.82 Å². The Labute approximate surface area is 127 Å². The summed E-state index contributed by atoms with van der Waals surface area (Å²) in [6, 6.07) is 3.73. The van der Waals surface area contributed by atoms with Gasteiger partial charge in [0.05, 0.1) is 10.4 Å². The third-order valence-corrected chi connectivity index (χ3v) is 5.87. The van der Waals surface area contributed by atoms with Crippen LogP contribution < -0.4 is 0 Å². The number of rotatable bonds is 3. The molecule has 1 saturated heterocycles. The summed E-state index contributed by atoms with van der Waals surface area (Å²) in [6.45, 7) is 1.47. The van der Waals surface area contributed by atoms with Gasteiger partial charge in [0.1, 0.15) is 4.90 Å². The number of benzene rings is 1. The van der Waals surface area contributed by atoms with Crippen molar-refractivity contribution in [2.45, 2.75) is 24.7 Å². The van der Waals surface area contributed by atoms with Crippen molar-refractivity contribution in [2.24, 2.45) is 5.41 Å². The fourth-order valence-corrected chi connectivity index (χ4v) is 4.32. The Morgan fingerprint density at radius 2 is 2.14 bits per heavy atom. The minimum atomic E-state index is -4.11. The summed E-state index contributed by atoms with van der Waals surface area (Å²) in [5, 5.41) is 8.95. The SMILES string of the molecule is CC1(C(=O)O)CCCN(S(=O)(=O)c2cccc(Cl)c2F)C1. The van der Waals surface area contributed by atoms with E-state index in [2.05, 4.69) is 0 Å². The number of nitrogens with zero attached hydrogens (tertiary/aromatic N) is 1. The summed E-state index contributed by atoms with van der Waals surface area (Å²) < 4.78 is 40.0. The molecule has 0 amide bonds. The van der Waals surface area contributed by atoms with Gasteiger partial charge < -0.3 is 5.11 Å². The maximum absolute atomic E-state index is 13.9. The lowest BCUT2D eigenvalue weighted by Gasteiger charge is -2.36. The first kappa shape index (κ1) is 16.2. The quantitative estimate of drug-likeness (QED) is 0.920. The predicted octanol–water partition coefficient (Wildman–Crippen LogP) is 2.35. The van der Waals surface area contributed by atoms with Crippen molar-refractivity contribution < 1.29 is 22.7 Å². The molecule has 8 heteroatoms. The van der Waals surface area contributed by atoms with Gasteiger partial charge in [-0.05, 0) is 31.9 Å². The zero-order valence-corrected chi connectivity index (χ0v) is 12.9. The molecular weight excluding hydrogens is 321 g/mol. The Bertz CT molecular complexity index is 679. The van der Waals surface area contributed by atoms with Crippen molar-refractivity contribution in [3.8, 4) is 0 Å². The van der Waals surface area contributed by atoms with E-state index in [1.165, 1.54) is 19.1 Å². The minimum Gasteiger partial charge on any atom is -0.481 e. The fraction of sp³-hybridized carbons (Fsp3) is 0.462. The van der Waals surface area contributed by atoms with Gasteiger partial charge in [-0.25, -0.2) is 12.8 Å². The van der Waals surface area contributed by atoms with Gasteiger partial charge in [0.2, 0.25) is 10.0 Å². The molecule has 1 N–H and O–H groups in total. The zero-order valence-electron chi connectivity index (χ0n) is 11.3. The van der Waals surface area contributed by atoms with E-state index in [0.29, 0.717) is 12.8 Å². The minimum absolute atomic E-state index is 0.164. The molecule has 1 atom stereocenters. The van der Waals surface area contributed by atoms with Gasteiger partial charge in [0, 0.05) is 13.1 Å². The van der Waals surface area contributed by atoms with Crippen LogP contribution in [-0.2, 0) is 14.8 Å². The lowest BCUT2D eigenvalue weighted by Crippen LogP contribution is -2.48. The third-order valence-electron chi connectivity index (χ3n) is 3.71. The predicted molar refractivity (Wildman–Crippen MR) is 75.1 cm³/mol. The molecule has 0 spiro atoms. The highest BCUT2D eigenvalue weighted by molar-refractivity contribution is 7.89. The second-order valence-electron chi connectivity index (χ2n) is 5.36. The van der Waals surface area contributed by atoms with Crippen LogP contribution in [0.25, 0.3) is 0 Å². The van der Waals surface area contributed by atoms with Gasteiger partial charge in [-0.3, -0.25) is 4.79 Å². The molecule has 1 fully saturated rings. The van der Waals surface area contributed by atoms with Crippen molar-refractivity contribution in [2.75, 3.05) is 13.1 Å². The molecule has 21 heavy (non-hydrogen) atoms. The van der Waals surface area contributed by atoms with Crippen LogP contribution in [0.3, 0.4) is 0 Å². The number of carboxylic acids is 1.